The third-order valence-corrected chi connectivity index (χ3v) is 4.09. The summed E-state index contributed by atoms with van der Waals surface area (Å²) in [4.78, 5) is 25.8. The Morgan fingerprint density at radius 1 is 1.19 bits per heavy atom. The molecule has 0 saturated carbocycles. The van der Waals surface area contributed by atoms with E-state index in [2.05, 4.69) is 0 Å². The molecule has 1 N–H and O–H groups in total. The van der Waals surface area contributed by atoms with Crippen LogP contribution in [0.3, 0.4) is 0 Å². The highest BCUT2D eigenvalue weighted by Gasteiger charge is 2.36. The molecule has 2 rings (SSSR count). The summed E-state index contributed by atoms with van der Waals surface area (Å²) in [6.07, 6.45) is 0. The fourth-order valence-corrected chi connectivity index (χ4v) is 2.94. The van der Waals surface area contributed by atoms with Crippen LogP contribution in [0, 0.1) is 0 Å². The smallest absolute Gasteiger partial charge is 0.267 e. The molecule has 0 aromatic heterocycles. The molecular weight excluding hydrogens is 290 g/mol. The minimum Gasteiger partial charge on any atom is -0.494 e. The third kappa shape index (κ3) is 3.11. The molecular formula is C15H17NO4S. The molecule has 1 heterocycles. The highest BCUT2D eigenvalue weighted by atomic mass is 32.2. The number of rotatable bonds is 6. The number of aliphatic hydroxyl groups excluding tert-OH is 1. The van der Waals surface area contributed by atoms with E-state index in [0.717, 1.165) is 10.6 Å². The summed E-state index contributed by atoms with van der Waals surface area (Å²) < 4.78 is 5.37. The molecule has 0 radical (unpaired) electrons. The van der Waals surface area contributed by atoms with Crippen molar-refractivity contribution in [1.29, 1.82) is 0 Å². The molecule has 0 unspecified atom stereocenters. The zero-order valence-electron chi connectivity index (χ0n) is 12.0. The molecule has 0 spiro atoms. The predicted molar refractivity (Wildman–Crippen MR) is 81.9 cm³/mol. The normalized spacial score (nSPS) is 15.1. The van der Waals surface area contributed by atoms with Crippen LogP contribution in [0.5, 0.6) is 5.75 Å². The van der Waals surface area contributed by atoms with Crippen molar-refractivity contribution in [1.82, 2.24) is 4.90 Å². The van der Waals surface area contributed by atoms with E-state index in [9.17, 15) is 9.59 Å². The first-order valence-corrected chi connectivity index (χ1v) is 7.62. The molecule has 0 fully saturated rings. The fourth-order valence-electron chi connectivity index (χ4n) is 2.04. The highest BCUT2D eigenvalue weighted by Crippen LogP contribution is 2.35. The molecule has 1 aliphatic rings. The van der Waals surface area contributed by atoms with Gasteiger partial charge in [0.2, 0.25) is 0 Å². The van der Waals surface area contributed by atoms with Crippen LogP contribution in [0.4, 0.5) is 0 Å². The van der Waals surface area contributed by atoms with Crippen LogP contribution in [-0.4, -0.2) is 47.8 Å². The van der Waals surface area contributed by atoms with Crippen LogP contribution in [-0.2, 0) is 9.59 Å². The van der Waals surface area contributed by atoms with Crippen LogP contribution < -0.4 is 4.74 Å². The lowest BCUT2D eigenvalue weighted by Gasteiger charge is -2.07. The average molecular weight is 307 g/mol. The Kier molecular flexibility index (Phi) is 5.03. The van der Waals surface area contributed by atoms with Gasteiger partial charge in [-0.15, -0.1) is 11.8 Å². The summed E-state index contributed by atoms with van der Waals surface area (Å²) >= 11 is 1.20. The van der Waals surface area contributed by atoms with Gasteiger partial charge in [-0.25, -0.2) is 0 Å². The Morgan fingerprint density at radius 2 is 1.86 bits per heavy atom. The number of nitrogens with zero attached hydrogens (tertiary/aromatic N) is 1. The number of hydrogen-bond acceptors (Lipinski definition) is 5. The largest absolute Gasteiger partial charge is 0.494 e. The van der Waals surface area contributed by atoms with Gasteiger partial charge in [-0.1, -0.05) is 12.1 Å². The molecule has 5 nitrogen and oxygen atoms in total. The van der Waals surface area contributed by atoms with Gasteiger partial charge in [-0.3, -0.25) is 14.5 Å². The Labute approximate surface area is 127 Å². The van der Waals surface area contributed by atoms with Crippen LogP contribution in [0.25, 0.3) is 5.57 Å². The summed E-state index contributed by atoms with van der Waals surface area (Å²) in [7, 11) is 1.46. The van der Waals surface area contributed by atoms with E-state index in [-0.39, 0.29) is 18.4 Å². The Hall–Kier alpha value is -1.79. The Balaban J connectivity index is 2.38. The summed E-state index contributed by atoms with van der Waals surface area (Å²) in [6.45, 7) is 2.42. The van der Waals surface area contributed by atoms with E-state index in [0.29, 0.717) is 28.4 Å². The molecule has 2 amide bonds. The number of likely N-dealkylation sites (N-methyl/N-ethyl adjacent to an activating group) is 1. The number of imide groups is 1. The van der Waals surface area contributed by atoms with Gasteiger partial charge in [0.15, 0.2) is 0 Å². The number of carbonyl (C=O) groups excluding carboxylic acids is 2. The number of thioether (sulfide) groups is 1. The first-order valence-electron chi connectivity index (χ1n) is 6.63. The monoisotopic (exact) mass is 307 g/mol. The van der Waals surface area contributed by atoms with Crippen LogP contribution >= 0.6 is 11.8 Å². The van der Waals surface area contributed by atoms with E-state index in [4.69, 9.17) is 9.84 Å². The molecule has 0 bridgehead atoms. The number of amides is 2. The lowest BCUT2D eigenvalue weighted by atomic mass is 10.1. The lowest BCUT2D eigenvalue weighted by molar-refractivity contribution is -0.134. The molecule has 21 heavy (non-hydrogen) atoms. The minimum absolute atomic E-state index is 0.0457. The predicted octanol–water partition coefficient (Wildman–Crippen LogP) is 1.52. The van der Waals surface area contributed by atoms with Gasteiger partial charge in [0, 0.05) is 12.8 Å². The second-order valence-electron chi connectivity index (χ2n) is 4.40. The summed E-state index contributed by atoms with van der Waals surface area (Å²) in [5, 5.41) is 8.93. The number of hydrogen-bond donors (Lipinski definition) is 1. The van der Waals surface area contributed by atoms with Crippen molar-refractivity contribution < 1.29 is 19.4 Å². The Bertz CT molecular complexity index is 580. The highest BCUT2D eigenvalue weighted by molar-refractivity contribution is 8.04. The number of carbonyl (C=O) groups is 2. The molecule has 1 aliphatic heterocycles. The maximum Gasteiger partial charge on any atom is 0.267 e. The molecule has 0 atom stereocenters. The van der Waals surface area contributed by atoms with E-state index >= 15 is 0 Å². The third-order valence-electron chi connectivity index (χ3n) is 3.04. The van der Waals surface area contributed by atoms with E-state index in [1.54, 1.807) is 24.3 Å². The molecule has 0 saturated heterocycles. The van der Waals surface area contributed by atoms with Crippen molar-refractivity contribution in [3.63, 3.8) is 0 Å². The fraction of sp³-hybridized carbons (Fsp3) is 0.333. The Morgan fingerprint density at radius 3 is 2.43 bits per heavy atom. The number of aliphatic hydroxyl groups is 1. The summed E-state index contributed by atoms with van der Waals surface area (Å²) in [5.74, 6) is 0.464. The van der Waals surface area contributed by atoms with E-state index < -0.39 is 0 Å². The first kappa shape index (κ1) is 15.6. The second kappa shape index (κ2) is 6.78. The van der Waals surface area contributed by atoms with E-state index in [1.807, 2.05) is 6.92 Å². The van der Waals surface area contributed by atoms with Crippen molar-refractivity contribution in [2.24, 2.45) is 0 Å². The van der Waals surface area contributed by atoms with Gasteiger partial charge < -0.3 is 9.84 Å². The van der Waals surface area contributed by atoms with Crippen molar-refractivity contribution >= 4 is 29.1 Å². The molecule has 112 valence electrons. The SMILES string of the molecule is CCOc1ccc(C2=C(SCCO)C(=O)N(C)C2=O)cc1. The van der Waals surface area contributed by atoms with Crippen molar-refractivity contribution in [3.8, 4) is 5.75 Å². The topological polar surface area (TPSA) is 66.8 Å². The van der Waals surface area contributed by atoms with Gasteiger partial charge in [0.05, 0.1) is 23.7 Å². The van der Waals surface area contributed by atoms with Crippen molar-refractivity contribution in [2.75, 3.05) is 26.0 Å². The van der Waals surface area contributed by atoms with Crippen LogP contribution in [0.15, 0.2) is 29.2 Å². The maximum atomic E-state index is 12.2. The summed E-state index contributed by atoms with van der Waals surface area (Å²) in [6, 6.07) is 7.08. The van der Waals surface area contributed by atoms with Crippen molar-refractivity contribution in [2.45, 2.75) is 6.92 Å². The second-order valence-corrected chi connectivity index (χ2v) is 5.51. The standard InChI is InChI=1S/C15H17NO4S/c1-3-20-11-6-4-10(5-7-11)12-13(21-9-8-17)15(19)16(2)14(12)18/h4-7,17H,3,8-9H2,1-2H3. The lowest BCUT2D eigenvalue weighted by Crippen LogP contribution is -2.26. The van der Waals surface area contributed by atoms with E-state index in [1.165, 1.54) is 18.8 Å². The zero-order valence-corrected chi connectivity index (χ0v) is 12.8. The maximum absolute atomic E-state index is 12.2. The zero-order chi connectivity index (χ0) is 15.4. The molecule has 1 aromatic rings. The molecule has 1 aromatic carbocycles. The minimum atomic E-state index is -0.317. The van der Waals surface area contributed by atoms with Crippen molar-refractivity contribution in [3.05, 3.63) is 34.7 Å². The first-order chi connectivity index (χ1) is 10.1. The number of ether oxygens (including phenoxy) is 1. The van der Waals surface area contributed by atoms with Gasteiger partial charge in [0.25, 0.3) is 11.8 Å². The van der Waals surface area contributed by atoms with Gasteiger partial charge in [0.1, 0.15) is 5.75 Å². The summed E-state index contributed by atoms with van der Waals surface area (Å²) in [5.41, 5.74) is 1.07. The van der Waals surface area contributed by atoms with Gasteiger partial charge in [-0.2, -0.15) is 0 Å². The van der Waals surface area contributed by atoms with Gasteiger partial charge >= 0.3 is 0 Å². The molecule has 6 heteroatoms. The average Bonchev–Trinajstić information content (AvgIpc) is 2.70. The quantitative estimate of drug-likeness (QED) is 0.807. The molecule has 0 aliphatic carbocycles. The van der Waals surface area contributed by atoms with Crippen LogP contribution in [0.1, 0.15) is 12.5 Å². The number of benzene rings is 1. The van der Waals surface area contributed by atoms with Crippen LogP contribution in [0.2, 0.25) is 0 Å². The van der Waals surface area contributed by atoms with Gasteiger partial charge in [-0.05, 0) is 24.6 Å².